The number of rotatable bonds is 7. The molecule has 1 saturated heterocycles. The number of nitrogens with one attached hydrogen (secondary N) is 3. The Morgan fingerprint density at radius 2 is 1.57 bits per heavy atom. The summed E-state index contributed by atoms with van der Waals surface area (Å²) in [5.41, 5.74) is -1.98. The van der Waals surface area contributed by atoms with E-state index in [1.165, 1.54) is 6.08 Å². The van der Waals surface area contributed by atoms with Crippen LogP contribution in [0.2, 0.25) is 0 Å². The van der Waals surface area contributed by atoms with E-state index < -0.39 is 46.5 Å². The van der Waals surface area contributed by atoms with Gasteiger partial charge in [-0.1, -0.05) is 63.6 Å². The van der Waals surface area contributed by atoms with Gasteiger partial charge in [0.15, 0.2) is 5.41 Å². The Hall–Kier alpha value is -2.82. The number of amides is 6. The molecule has 0 bridgehead atoms. The van der Waals surface area contributed by atoms with Gasteiger partial charge in [0.2, 0.25) is 17.7 Å². The SMILES string of the molecule is C=CCC1(C(C)CCC)C(=O)N=C([O-])NC1=O.CCC1(c2ccccc2)C(=O)NC(=O)NC1=O.[Na+]. The second-order valence-corrected chi connectivity index (χ2v) is 8.19. The van der Waals surface area contributed by atoms with Crippen LogP contribution in [0, 0.1) is 11.3 Å². The van der Waals surface area contributed by atoms with Gasteiger partial charge < -0.3 is 10.4 Å². The van der Waals surface area contributed by atoms with Gasteiger partial charge in [-0.25, -0.2) is 9.79 Å². The molecule has 0 saturated carbocycles. The molecule has 0 aromatic heterocycles. The molecule has 2 atom stereocenters. The van der Waals surface area contributed by atoms with E-state index in [0.29, 0.717) is 12.0 Å². The Labute approximate surface area is 226 Å². The Balaban J connectivity index is 0.000000340. The number of amidine groups is 1. The topological polar surface area (TPSA) is 157 Å². The number of hydrogen-bond donors (Lipinski definition) is 3. The molecule has 0 aliphatic carbocycles. The molecule has 2 heterocycles. The summed E-state index contributed by atoms with van der Waals surface area (Å²) in [6.45, 7) is 9.12. The summed E-state index contributed by atoms with van der Waals surface area (Å²) in [5.74, 6) is -2.51. The molecule has 6 amide bonds. The van der Waals surface area contributed by atoms with E-state index in [1.807, 2.05) is 13.8 Å². The van der Waals surface area contributed by atoms with Crippen LogP contribution < -0.4 is 50.6 Å². The summed E-state index contributed by atoms with van der Waals surface area (Å²) in [5, 5.41) is 17.4. The van der Waals surface area contributed by atoms with E-state index in [2.05, 4.69) is 27.5 Å². The standard InChI is InChI=1S/C12H12N2O3.C12H18N2O3.Na/c1-2-12(8-6-4-3-5-7-8)9(15)13-11(17)14-10(12)16;1-4-6-8(3)12(7-5-2)9(15)13-11(17)14-10(12)16;/h3-7H,2H2,1H3,(H2,13,14,15,16,17);5,8H,2,4,6-7H2,1,3H3,(H2,13,14,15,16,17);/q;;+1/p-1. The van der Waals surface area contributed by atoms with Crippen LogP contribution in [0.1, 0.15) is 52.0 Å². The third kappa shape index (κ3) is 5.88. The van der Waals surface area contributed by atoms with Gasteiger partial charge in [-0.3, -0.25) is 29.8 Å². The quantitative estimate of drug-likeness (QED) is 0.228. The first-order chi connectivity index (χ1) is 16.1. The third-order valence-corrected chi connectivity index (χ3v) is 6.27. The molecule has 10 nitrogen and oxygen atoms in total. The number of urea groups is 1. The third-order valence-electron chi connectivity index (χ3n) is 6.27. The van der Waals surface area contributed by atoms with Gasteiger partial charge in [0, 0.05) is 0 Å². The monoisotopic (exact) mass is 492 g/mol. The summed E-state index contributed by atoms with van der Waals surface area (Å²) in [7, 11) is 0. The maximum atomic E-state index is 12.0. The van der Waals surface area contributed by atoms with E-state index in [4.69, 9.17) is 0 Å². The van der Waals surface area contributed by atoms with Crippen molar-refractivity contribution in [1.82, 2.24) is 16.0 Å². The maximum Gasteiger partial charge on any atom is 1.00 e. The largest absolute Gasteiger partial charge is 1.00 e. The van der Waals surface area contributed by atoms with E-state index in [1.54, 1.807) is 37.3 Å². The number of imide groups is 2. The number of allylic oxidation sites excluding steroid dienone is 1. The molecule has 0 radical (unpaired) electrons. The van der Waals surface area contributed by atoms with Crippen LogP contribution in [-0.2, 0) is 24.6 Å². The Morgan fingerprint density at radius 3 is 2.03 bits per heavy atom. The Kier molecular flexibility index (Phi) is 11.0. The Bertz CT molecular complexity index is 1010. The van der Waals surface area contributed by atoms with Crippen molar-refractivity contribution in [3.63, 3.8) is 0 Å². The van der Waals surface area contributed by atoms with Crippen molar-refractivity contribution in [2.45, 2.75) is 51.9 Å². The van der Waals surface area contributed by atoms with Crippen molar-refractivity contribution < 1.29 is 58.6 Å². The van der Waals surface area contributed by atoms with Crippen molar-refractivity contribution in [3.05, 3.63) is 48.6 Å². The number of carbonyl (C=O) groups excluding carboxylic acids is 5. The fourth-order valence-corrected chi connectivity index (χ4v) is 4.31. The minimum Gasteiger partial charge on any atom is -0.846 e. The van der Waals surface area contributed by atoms with E-state index >= 15 is 0 Å². The average Bonchev–Trinajstić information content (AvgIpc) is 2.77. The smallest absolute Gasteiger partial charge is 0.846 e. The zero-order valence-electron chi connectivity index (χ0n) is 20.5. The van der Waals surface area contributed by atoms with Crippen LogP contribution in [0.4, 0.5) is 4.79 Å². The molecule has 1 aromatic rings. The first-order valence-electron chi connectivity index (χ1n) is 11.0. The van der Waals surface area contributed by atoms with Gasteiger partial charge in [-0.2, -0.15) is 0 Å². The normalized spacial score (nSPS) is 21.7. The summed E-state index contributed by atoms with van der Waals surface area (Å²) >= 11 is 0. The number of barbiturate groups is 1. The molecule has 1 aromatic carbocycles. The molecule has 3 rings (SSSR count). The van der Waals surface area contributed by atoms with Crippen LogP contribution in [0.3, 0.4) is 0 Å². The molecule has 182 valence electrons. The zero-order chi connectivity index (χ0) is 25.5. The molecule has 3 N–H and O–H groups in total. The first kappa shape index (κ1) is 30.2. The van der Waals surface area contributed by atoms with Crippen molar-refractivity contribution >= 4 is 35.7 Å². The minimum absolute atomic E-state index is 0. The van der Waals surface area contributed by atoms with E-state index in [0.717, 1.165) is 12.8 Å². The molecular weight excluding hydrogens is 463 g/mol. The summed E-state index contributed by atoms with van der Waals surface area (Å²) in [6, 6.07) is 7.09. The second kappa shape index (κ2) is 12.8. The van der Waals surface area contributed by atoms with Crippen LogP contribution >= 0.6 is 0 Å². The van der Waals surface area contributed by atoms with Gasteiger partial charge in [0.1, 0.15) is 5.41 Å². The van der Waals surface area contributed by atoms with Gasteiger partial charge in [-0.15, -0.1) is 6.58 Å². The fourth-order valence-electron chi connectivity index (χ4n) is 4.31. The predicted molar refractivity (Wildman–Crippen MR) is 122 cm³/mol. The van der Waals surface area contributed by atoms with Crippen LogP contribution in [-0.4, -0.2) is 35.7 Å². The molecule has 11 heteroatoms. The van der Waals surface area contributed by atoms with Crippen molar-refractivity contribution in [1.29, 1.82) is 0 Å². The van der Waals surface area contributed by atoms with E-state index in [-0.39, 0.29) is 41.9 Å². The van der Waals surface area contributed by atoms with Crippen molar-refractivity contribution in [2.24, 2.45) is 16.3 Å². The number of benzene rings is 1. The average molecular weight is 493 g/mol. The molecule has 2 unspecified atom stereocenters. The van der Waals surface area contributed by atoms with Gasteiger partial charge in [0.25, 0.3) is 5.91 Å². The summed E-state index contributed by atoms with van der Waals surface area (Å²) in [6.07, 6.45) is 3.60. The summed E-state index contributed by atoms with van der Waals surface area (Å²) < 4.78 is 0. The minimum atomic E-state index is -1.31. The predicted octanol–water partition coefficient (Wildman–Crippen LogP) is -1.94. The molecular formula is C24H29N4NaO6. The Morgan fingerprint density at radius 1 is 1.00 bits per heavy atom. The molecule has 35 heavy (non-hydrogen) atoms. The molecule has 2 aliphatic heterocycles. The van der Waals surface area contributed by atoms with Crippen molar-refractivity contribution in [2.75, 3.05) is 0 Å². The van der Waals surface area contributed by atoms with Gasteiger partial charge in [-0.05, 0) is 30.7 Å². The molecule has 1 fully saturated rings. The van der Waals surface area contributed by atoms with Crippen molar-refractivity contribution in [3.8, 4) is 0 Å². The first-order valence-corrected chi connectivity index (χ1v) is 11.0. The number of nitrogens with zero attached hydrogens (tertiary/aromatic N) is 1. The van der Waals surface area contributed by atoms with E-state index in [9.17, 15) is 29.1 Å². The number of aliphatic imine (C=N–C) groups is 1. The van der Waals surface area contributed by atoms with Crippen LogP contribution in [0.5, 0.6) is 0 Å². The zero-order valence-corrected chi connectivity index (χ0v) is 22.5. The van der Waals surface area contributed by atoms with Crippen LogP contribution in [0.25, 0.3) is 0 Å². The summed E-state index contributed by atoms with van der Waals surface area (Å²) in [4.78, 5) is 62.3. The second-order valence-electron chi connectivity index (χ2n) is 8.19. The molecule has 0 spiro atoms. The van der Waals surface area contributed by atoms with Gasteiger partial charge >= 0.3 is 35.6 Å². The molecule has 2 aliphatic rings. The van der Waals surface area contributed by atoms with Crippen LogP contribution in [0.15, 0.2) is 48.0 Å². The number of carbonyl (C=O) groups is 5. The fraction of sp³-hybridized carbons (Fsp3) is 0.417. The maximum absolute atomic E-state index is 12.0. The number of hydrogen-bond acceptors (Lipinski definition) is 6. The van der Waals surface area contributed by atoms with Gasteiger partial charge in [0.05, 0.1) is 6.02 Å².